The topological polar surface area (TPSA) is 106 Å². The average molecular weight is 447 g/mol. The predicted octanol–water partition coefficient (Wildman–Crippen LogP) is 4.25. The number of benzene rings is 2. The normalized spacial score (nSPS) is 15.2. The van der Waals surface area contributed by atoms with E-state index in [2.05, 4.69) is 5.32 Å². The summed E-state index contributed by atoms with van der Waals surface area (Å²) in [4.78, 5) is 37.3. The van der Waals surface area contributed by atoms with Crippen molar-refractivity contribution in [3.8, 4) is 11.3 Å². The lowest BCUT2D eigenvalue weighted by Gasteiger charge is -2.28. The molecule has 32 heavy (non-hydrogen) atoms. The first-order valence-corrected chi connectivity index (χ1v) is 10.1. The van der Waals surface area contributed by atoms with Crippen LogP contribution in [0.15, 0.2) is 70.7 Å². The summed E-state index contributed by atoms with van der Waals surface area (Å²) in [6, 6.07) is 16.5. The molecule has 3 aromatic rings. The monoisotopic (exact) mass is 447 g/mol. The lowest BCUT2D eigenvalue weighted by Crippen LogP contribution is -2.54. The van der Waals surface area contributed by atoms with Gasteiger partial charge < -0.3 is 4.42 Å². The highest BCUT2D eigenvalue weighted by molar-refractivity contribution is 7.80. The molecule has 0 bridgehead atoms. The van der Waals surface area contributed by atoms with Crippen molar-refractivity contribution < 1.29 is 18.9 Å². The minimum Gasteiger partial charge on any atom is -0.457 e. The molecular weight excluding hydrogens is 430 g/mol. The zero-order chi connectivity index (χ0) is 22.8. The number of nitrogens with one attached hydrogen (secondary N) is 1. The number of nitro benzene ring substituents is 1. The maximum atomic E-state index is 13.1. The van der Waals surface area contributed by atoms with E-state index >= 15 is 0 Å². The van der Waals surface area contributed by atoms with Crippen molar-refractivity contribution in [2.24, 2.45) is 0 Å². The SMILES string of the molecule is CCc1ccc(N2C(=O)/C(=C/c3ccc(-c4cccc([N+](=O)[O-])c4)o3)C(=O)NC2=S)cc1. The van der Waals surface area contributed by atoms with E-state index in [0.717, 1.165) is 12.0 Å². The van der Waals surface area contributed by atoms with Crippen molar-refractivity contribution in [2.75, 3.05) is 4.90 Å². The van der Waals surface area contributed by atoms with Crippen molar-refractivity contribution in [3.63, 3.8) is 0 Å². The Balaban J connectivity index is 1.65. The first-order valence-electron chi connectivity index (χ1n) is 9.72. The standard InChI is InChI=1S/C23H17N3O5S/c1-2-14-6-8-16(9-7-14)25-22(28)19(21(27)24-23(25)32)13-18-10-11-20(31-18)15-4-3-5-17(12-15)26(29)30/h3-13H,2H2,1H3,(H,24,27,32)/b19-13+. The van der Waals surface area contributed by atoms with Crippen LogP contribution in [0.3, 0.4) is 0 Å². The molecule has 2 aromatic carbocycles. The molecule has 0 aliphatic carbocycles. The maximum Gasteiger partial charge on any atom is 0.270 e. The Bertz CT molecular complexity index is 1280. The van der Waals surface area contributed by atoms with E-state index in [1.165, 1.54) is 23.1 Å². The van der Waals surface area contributed by atoms with Crippen LogP contribution in [0.5, 0.6) is 0 Å². The van der Waals surface area contributed by atoms with E-state index in [9.17, 15) is 19.7 Å². The van der Waals surface area contributed by atoms with Crippen LogP contribution in [0, 0.1) is 10.1 Å². The number of rotatable bonds is 5. The van der Waals surface area contributed by atoms with Gasteiger partial charge in [0.25, 0.3) is 17.5 Å². The number of aryl methyl sites for hydroxylation is 1. The van der Waals surface area contributed by atoms with Gasteiger partial charge in [0.1, 0.15) is 17.1 Å². The fraction of sp³-hybridized carbons (Fsp3) is 0.0870. The van der Waals surface area contributed by atoms with E-state index in [1.807, 2.05) is 19.1 Å². The average Bonchev–Trinajstić information content (AvgIpc) is 3.26. The van der Waals surface area contributed by atoms with Gasteiger partial charge in [-0.05, 0) is 54.5 Å². The summed E-state index contributed by atoms with van der Waals surface area (Å²) < 4.78 is 5.72. The Morgan fingerprint density at radius 1 is 1.12 bits per heavy atom. The third kappa shape index (κ3) is 4.06. The van der Waals surface area contributed by atoms with Crippen LogP contribution in [0.25, 0.3) is 17.4 Å². The molecule has 2 heterocycles. The Labute approximate surface area is 188 Å². The predicted molar refractivity (Wildman–Crippen MR) is 123 cm³/mol. The second-order valence-electron chi connectivity index (χ2n) is 6.99. The number of non-ortho nitro benzene ring substituents is 1. The largest absolute Gasteiger partial charge is 0.457 e. The third-order valence-electron chi connectivity index (χ3n) is 4.96. The van der Waals surface area contributed by atoms with Gasteiger partial charge in [0.05, 0.1) is 10.6 Å². The third-order valence-corrected chi connectivity index (χ3v) is 5.24. The summed E-state index contributed by atoms with van der Waals surface area (Å²) in [5.41, 5.74) is 1.94. The zero-order valence-electron chi connectivity index (χ0n) is 16.9. The number of carbonyl (C=O) groups excluding carboxylic acids is 2. The fourth-order valence-electron chi connectivity index (χ4n) is 3.27. The molecule has 1 aliphatic rings. The van der Waals surface area contributed by atoms with Crippen LogP contribution in [-0.2, 0) is 16.0 Å². The van der Waals surface area contributed by atoms with Crippen molar-refractivity contribution in [3.05, 3.63) is 87.7 Å². The molecule has 8 nitrogen and oxygen atoms in total. The number of hydrogen-bond donors (Lipinski definition) is 1. The maximum absolute atomic E-state index is 13.1. The zero-order valence-corrected chi connectivity index (χ0v) is 17.7. The van der Waals surface area contributed by atoms with Crippen molar-refractivity contribution >= 4 is 46.6 Å². The van der Waals surface area contributed by atoms with Gasteiger partial charge in [0.2, 0.25) is 0 Å². The molecule has 1 aliphatic heterocycles. The molecule has 0 unspecified atom stereocenters. The molecule has 0 radical (unpaired) electrons. The van der Waals surface area contributed by atoms with Crippen LogP contribution in [0.2, 0.25) is 0 Å². The highest BCUT2D eigenvalue weighted by Gasteiger charge is 2.34. The van der Waals surface area contributed by atoms with E-state index in [-0.39, 0.29) is 22.1 Å². The molecular formula is C23H17N3O5S. The van der Waals surface area contributed by atoms with Gasteiger partial charge in [-0.2, -0.15) is 0 Å². The number of nitrogens with zero attached hydrogens (tertiary/aromatic N) is 2. The second kappa shape index (κ2) is 8.56. The van der Waals surface area contributed by atoms with E-state index in [1.54, 1.807) is 36.4 Å². The number of carbonyl (C=O) groups is 2. The first-order chi connectivity index (χ1) is 15.4. The van der Waals surface area contributed by atoms with Gasteiger partial charge in [0, 0.05) is 17.7 Å². The van der Waals surface area contributed by atoms with E-state index in [0.29, 0.717) is 17.0 Å². The van der Waals surface area contributed by atoms with Crippen LogP contribution < -0.4 is 10.2 Å². The molecule has 2 amide bonds. The van der Waals surface area contributed by atoms with Crippen LogP contribution in [0.1, 0.15) is 18.2 Å². The van der Waals surface area contributed by atoms with Crippen LogP contribution in [-0.4, -0.2) is 21.9 Å². The number of anilines is 1. The molecule has 1 aromatic heterocycles. The van der Waals surface area contributed by atoms with E-state index < -0.39 is 16.7 Å². The Morgan fingerprint density at radius 2 is 1.88 bits per heavy atom. The van der Waals surface area contributed by atoms with Crippen LogP contribution in [0.4, 0.5) is 11.4 Å². The number of nitro groups is 1. The number of amides is 2. The van der Waals surface area contributed by atoms with Gasteiger partial charge in [0.15, 0.2) is 5.11 Å². The van der Waals surface area contributed by atoms with Gasteiger partial charge in [-0.3, -0.25) is 29.9 Å². The number of thiocarbonyl (C=S) groups is 1. The first kappa shape index (κ1) is 21.1. The quantitative estimate of drug-likeness (QED) is 0.206. The summed E-state index contributed by atoms with van der Waals surface area (Å²) >= 11 is 5.21. The fourth-order valence-corrected chi connectivity index (χ4v) is 3.55. The summed E-state index contributed by atoms with van der Waals surface area (Å²) in [6.07, 6.45) is 2.18. The van der Waals surface area contributed by atoms with Gasteiger partial charge in [-0.15, -0.1) is 0 Å². The van der Waals surface area contributed by atoms with Gasteiger partial charge >= 0.3 is 0 Å². The smallest absolute Gasteiger partial charge is 0.270 e. The van der Waals surface area contributed by atoms with Crippen molar-refractivity contribution in [2.45, 2.75) is 13.3 Å². The lowest BCUT2D eigenvalue weighted by molar-refractivity contribution is -0.384. The molecule has 1 fully saturated rings. The highest BCUT2D eigenvalue weighted by Crippen LogP contribution is 2.28. The van der Waals surface area contributed by atoms with Crippen molar-refractivity contribution in [1.29, 1.82) is 0 Å². The Kier molecular flexibility index (Phi) is 5.65. The molecule has 0 atom stereocenters. The van der Waals surface area contributed by atoms with Gasteiger partial charge in [-0.1, -0.05) is 31.2 Å². The van der Waals surface area contributed by atoms with E-state index in [4.69, 9.17) is 16.6 Å². The molecule has 1 saturated heterocycles. The summed E-state index contributed by atoms with van der Waals surface area (Å²) in [7, 11) is 0. The van der Waals surface area contributed by atoms with Crippen molar-refractivity contribution in [1.82, 2.24) is 5.32 Å². The number of hydrogen-bond acceptors (Lipinski definition) is 6. The van der Waals surface area contributed by atoms with Crippen LogP contribution >= 0.6 is 12.2 Å². The highest BCUT2D eigenvalue weighted by atomic mass is 32.1. The summed E-state index contributed by atoms with van der Waals surface area (Å²) in [5, 5.41) is 13.5. The second-order valence-corrected chi connectivity index (χ2v) is 7.37. The Morgan fingerprint density at radius 3 is 2.56 bits per heavy atom. The summed E-state index contributed by atoms with van der Waals surface area (Å²) in [5.74, 6) is -0.586. The van der Waals surface area contributed by atoms with Gasteiger partial charge in [-0.25, -0.2) is 0 Å². The minimum atomic E-state index is -0.630. The number of furan rings is 1. The Hall–Kier alpha value is -4.11. The molecule has 160 valence electrons. The molecule has 1 N–H and O–H groups in total. The lowest BCUT2D eigenvalue weighted by atomic mass is 10.1. The molecule has 9 heteroatoms. The summed E-state index contributed by atoms with van der Waals surface area (Å²) in [6.45, 7) is 2.03. The molecule has 4 rings (SSSR count). The molecule has 0 spiro atoms. The minimum absolute atomic E-state index is 0.00173. The molecule has 0 saturated carbocycles.